The van der Waals surface area contributed by atoms with E-state index in [0.717, 1.165) is 25.7 Å². The number of anilines is 1. The lowest BCUT2D eigenvalue weighted by Gasteiger charge is -2.29. The predicted molar refractivity (Wildman–Crippen MR) is 100 cm³/mol. The lowest BCUT2D eigenvalue weighted by molar-refractivity contribution is -0.148. The maximum absolute atomic E-state index is 13.0. The van der Waals surface area contributed by atoms with Crippen molar-refractivity contribution >= 4 is 23.5 Å². The Morgan fingerprint density at radius 1 is 1.11 bits per heavy atom. The fraction of sp³-hybridized carbons (Fsp3) is 0.476. The van der Waals surface area contributed by atoms with Crippen LogP contribution in [0.2, 0.25) is 0 Å². The summed E-state index contributed by atoms with van der Waals surface area (Å²) in [6, 6.07) is 6.51. The van der Waals surface area contributed by atoms with Gasteiger partial charge in [-0.25, -0.2) is 9.59 Å². The smallest absolute Gasteiger partial charge is 0.338 e. The topological polar surface area (TPSA) is 81.7 Å². The molecule has 1 aromatic rings. The van der Waals surface area contributed by atoms with Crippen LogP contribution in [0.4, 0.5) is 5.69 Å². The Labute approximate surface area is 158 Å². The van der Waals surface area contributed by atoms with Crippen LogP contribution in [-0.2, 0) is 19.1 Å². The fourth-order valence-corrected chi connectivity index (χ4v) is 3.88. The molecule has 1 heterocycles. The number of carbonyl (C=O) groups excluding carboxylic acids is 3. The summed E-state index contributed by atoms with van der Waals surface area (Å²) >= 11 is 0. The Bertz CT molecular complexity index is 770. The van der Waals surface area contributed by atoms with Crippen LogP contribution < -0.4 is 5.32 Å². The number of hydrogen-bond acceptors (Lipinski definition) is 5. The zero-order valence-electron chi connectivity index (χ0n) is 15.8. The summed E-state index contributed by atoms with van der Waals surface area (Å²) in [5.74, 6) is -1.12. The molecule has 3 rings (SSSR count). The van der Waals surface area contributed by atoms with Gasteiger partial charge in [-0.3, -0.25) is 4.79 Å². The van der Waals surface area contributed by atoms with Crippen LogP contribution in [-0.4, -0.2) is 30.1 Å². The Balaban J connectivity index is 1.79. The molecule has 2 aliphatic rings. The standard InChI is InChI=1S/C21H25NO5/c1-3-26-20(25)15-8-10-16(11-9-15)22-18(23)17-14(2)19(24)27-21(17)12-6-4-5-7-13-21/h8-11H,3-7,12-13H2,1-2H3,(H,22,23). The molecular formula is C21H25NO5. The van der Waals surface area contributed by atoms with Gasteiger partial charge in [0.05, 0.1) is 17.7 Å². The summed E-state index contributed by atoms with van der Waals surface area (Å²) in [6.45, 7) is 3.71. The van der Waals surface area contributed by atoms with Gasteiger partial charge < -0.3 is 14.8 Å². The zero-order valence-corrected chi connectivity index (χ0v) is 15.8. The molecule has 0 saturated heterocycles. The second-order valence-electron chi connectivity index (χ2n) is 7.05. The Kier molecular flexibility index (Phi) is 5.63. The van der Waals surface area contributed by atoms with Gasteiger partial charge in [0.2, 0.25) is 0 Å². The molecule has 27 heavy (non-hydrogen) atoms. The van der Waals surface area contributed by atoms with E-state index in [1.807, 2.05) is 0 Å². The third kappa shape index (κ3) is 3.89. The molecule has 6 nitrogen and oxygen atoms in total. The molecule has 1 aliphatic carbocycles. The highest BCUT2D eigenvalue weighted by molar-refractivity contribution is 6.12. The Morgan fingerprint density at radius 2 is 1.74 bits per heavy atom. The van der Waals surface area contributed by atoms with Crippen molar-refractivity contribution in [2.45, 2.75) is 58.0 Å². The van der Waals surface area contributed by atoms with Gasteiger partial charge in [0, 0.05) is 11.3 Å². The molecule has 0 bridgehead atoms. The van der Waals surface area contributed by atoms with Crippen molar-refractivity contribution in [3.63, 3.8) is 0 Å². The van der Waals surface area contributed by atoms with Crippen molar-refractivity contribution in [3.8, 4) is 0 Å². The van der Waals surface area contributed by atoms with Gasteiger partial charge in [-0.1, -0.05) is 12.8 Å². The minimum Gasteiger partial charge on any atom is -0.462 e. The van der Waals surface area contributed by atoms with Gasteiger partial charge >= 0.3 is 11.9 Å². The molecule has 0 aromatic heterocycles. The number of rotatable bonds is 4. The van der Waals surface area contributed by atoms with Gasteiger partial charge in [0.25, 0.3) is 5.91 Å². The third-order valence-corrected chi connectivity index (χ3v) is 5.22. The molecule has 1 aliphatic heterocycles. The second kappa shape index (κ2) is 7.94. The highest BCUT2D eigenvalue weighted by atomic mass is 16.6. The summed E-state index contributed by atoms with van der Waals surface area (Å²) in [7, 11) is 0. The summed E-state index contributed by atoms with van der Waals surface area (Å²) in [4.78, 5) is 36.9. The number of benzene rings is 1. The average Bonchev–Trinajstić information content (AvgIpc) is 2.78. The Hall–Kier alpha value is -2.63. The minimum absolute atomic E-state index is 0.306. The van der Waals surface area contributed by atoms with Gasteiger partial charge in [-0.05, 0) is 63.8 Å². The van der Waals surface area contributed by atoms with Crippen LogP contribution in [0.25, 0.3) is 0 Å². The van der Waals surface area contributed by atoms with E-state index in [0.29, 0.717) is 41.8 Å². The largest absolute Gasteiger partial charge is 0.462 e. The van der Waals surface area contributed by atoms with Crippen LogP contribution in [0.3, 0.4) is 0 Å². The predicted octanol–water partition coefficient (Wildman–Crippen LogP) is 3.77. The number of nitrogens with one attached hydrogen (secondary N) is 1. The molecule has 1 amide bonds. The van der Waals surface area contributed by atoms with E-state index in [1.165, 1.54) is 0 Å². The molecule has 0 atom stereocenters. The number of carbonyl (C=O) groups is 3. The summed E-state index contributed by atoms with van der Waals surface area (Å²) < 4.78 is 10.7. The summed E-state index contributed by atoms with van der Waals surface area (Å²) in [5, 5.41) is 2.84. The number of ether oxygens (including phenoxy) is 2. The maximum Gasteiger partial charge on any atom is 0.338 e. The molecule has 1 fully saturated rings. The van der Waals surface area contributed by atoms with Crippen LogP contribution in [0.1, 0.15) is 62.7 Å². The van der Waals surface area contributed by atoms with Crippen LogP contribution in [0, 0.1) is 0 Å². The van der Waals surface area contributed by atoms with Crippen LogP contribution in [0.15, 0.2) is 35.4 Å². The van der Waals surface area contributed by atoms with Crippen molar-refractivity contribution in [1.82, 2.24) is 0 Å². The lowest BCUT2D eigenvalue weighted by atomic mass is 9.84. The SMILES string of the molecule is CCOC(=O)c1ccc(NC(=O)C2=C(C)C(=O)OC23CCCCCC3)cc1. The van der Waals surface area contributed by atoms with E-state index in [2.05, 4.69) is 5.32 Å². The molecule has 6 heteroatoms. The molecular weight excluding hydrogens is 346 g/mol. The highest BCUT2D eigenvalue weighted by Gasteiger charge is 2.49. The van der Waals surface area contributed by atoms with Crippen molar-refractivity contribution < 1.29 is 23.9 Å². The van der Waals surface area contributed by atoms with Crippen LogP contribution >= 0.6 is 0 Å². The number of hydrogen-bond donors (Lipinski definition) is 1. The molecule has 0 unspecified atom stereocenters. The molecule has 0 radical (unpaired) electrons. The van der Waals surface area contributed by atoms with Gasteiger partial charge in [0.15, 0.2) is 0 Å². The molecule has 1 N–H and O–H groups in total. The van der Waals surface area contributed by atoms with E-state index in [9.17, 15) is 14.4 Å². The Morgan fingerprint density at radius 3 is 2.33 bits per heavy atom. The lowest BCUT2D eigenvalue weighted by Crippen LogP contribution is -2.36. The first kappa shape index (κ1) is 19.1. The van der Waals surface area contributed by atoms with Gasteiger partial charge in [-0.15, -0.1) is 0 Å². The zero-order chi connectivity index (χ0) is 19.4. The van der Waals surface area contributed by atoms with Crippen molar-refractivity contribution in [2.24, 2.45) is 0 Å². The number of esters is 2. The first-order valence-electron chi connectivity index (χ1n) is 9.50. The van der Waals surface area contributed by atoms with E-state index >= 15 is 0 Å². The maximum atomic E-state index is 13.0. The summed E-state index contributed by atoms with van der Waals surface area (Å²) in [5.41, 5.74) is 1.01. The molecule has 1 aromatic carbocycles. The van der Waals surface area contributed by atoms with Crippen molar-refractivity contribution in [1.29, 1.82) is 0 Å². The molecule has 1 spiro atoms. The number of amides is 1. The van der Waals surface area contributed by atoms with Crippen molar-refractivity contribution in [3.05, 3.63) is 41.0 Å². The van der Waals surface area contributed by atoms with Crippen molar-refractivity contribution in [2.75, 3.05) is 11.9 Å². The van der Waals surface area contributed by atoms with Gasteiger partial charge in [-0.2, -0.15) is 0 Å². The van der Waals surface area contributed by atoms with E-state index < -0.39 is 17.5 Å². The van der Waals surface area contributed by atoms with Crippen LogP contribution in [0.5, 0.6) is 0 Å². The van der Waals surface area contributed by atoms with E-state index in [4.69, 9.17) is 9.47 Å². The average molecular weight is 371 g/mol. The first-order chi connectivity index (χ1) is 13.0. The molecule has 1 saturated carbocycles. The van der Waals surface area contributed by atoms with E-state index in [1.54, 1.807) is 38.1 Å². The summed E-state index contributed by atoms with van der Waals surface area (Å²) in [6.07, 6.45) is 5.41. The highest BCUT2D eigenvalue weighted by Crippen LogP contribution is 2.43. The van der Waals surface area contributed by atoms with E-state index in [-0.39, 0.29) is 5.91 Å². The van der Waals surface area contributed by atoms with Gasteiger partial charge in [0.1, 0.15) is 5.60 Å². The third-order valence-electron chi connectivity index (χ3n) is 5.22. The normalized spacial score (nSPS) is 18.8. The first-order valence-corrected chi connectivity index (χ1v) is 9.50. The second-order valence-corrected chi connectivity index (χ2v) is 7.05. The quantitative estimate of drug-likeness (QED) is 0.815. The minimum atomic E-state index is -0.799. The fourth-order valence-electron chi connectivity index (χ4n) is 3.88. The molecule has 144 valence electrons. The monoisotopic (exact) mass is 371 g/mol.